The van der Waals surface area contributed by atoms with Crippen molar-refractivity contribution in [1.82, 2.24) is 9.97 Å². The van der Waals surface area contributed by atoms with E-state index in [1.54, 1.807) is 11.8 Å². The molecule has 0 aliphatic heterocycles. The second-order valence-electron chi connectivity index (χ2n) is 6.34. The topological polar surface area (TPSA) is 45.8 Å². The fraction of sp³-hybridized carbons (Fsp3) is 0.143. The van der Waals surface area contributed by atoms with E-state index in [-0.39, 0.29) is 5.56 Å². The highest BCUT2D eigenvalue weighted by Gasteiger charge is 2.13. The number of hydrogen-bond donors (Lipinski definition) is 1. The highest BCUT2D eigenvalue weighted by Crippen LogP contribution is 2.32. The first-order chi connectivity index (χ1) is 12.6. The third kappa shape index (κ3) is 3.45. The molecular formula is C21H18N2OS2. The average molecular weight is 379 g/mol. The number of aromatic amines is 1. The van der Waals surface area contributed by atoms with Crippen LogP contribution >= 0.6 is 23.1 Å². The molecule has 0 unspecified atom stereocenters. The third-order valence-electron chi connectivity index (χ3n) is 4.28. The number of rotatable bonds is 4. The minimum absolute atomic E-state index is 0.0711. The van der Waals surface area contributed by atoms with E-state index in [1.165, 1.54) is 28.0 Å². The Bertz CT molecular complexity index is 1110. The molecule has 26 heavy (non-hydrogen) atoms. The molecule has 2 heterocycles. The molecule has 0 aliphatic carbocycles. The lowest BCUT2D eigenvalue weighted by Gasteiger charge is -2.03. The smallest absolute Gasteiger partial charge is 0.260 e. The standard InChI is InChI=1S/C21H18N2OS2/c1-13-3-7-15(8-4-13)11-26-21-22-19(24)18-17(12-25-20(18)23-21)16-9-5-14(2)6-10-16/h3-10,12H,11H2,1-2H3,(H,22,23,24). The van der Waals surface area contributed by atoms with Gasteiger partial charge in [0.25, 0.3) is 5.56 Å². The normalized spacial score (nSPS) is 11.2. The van der Waals surface area contributed by atoms with Crippen LogP contribution in [0.2, 0.25) is 0 Å². The zero-order valence-corrected chi connectivity index (χ0v) is 16.2. The Labute approximate surface area is 160 Å². The molecule has 1 N–H and O–H groups in total. The Balaban J connectivity index is 1.64. The zero-order chi connectivity index (χ0) is 18.1. The molecule has 0 fully saturated rings. The molecule has 2 aromatic carbocycles. The number of thioether (sulfide) groups is 1. The van der Waals surface area contributed by atoms with Gasteiger partial charge in [-0.1, -0.05) is 71.4 Å². The Morgan fingerprint density at radius 3 is 2.35 bits per heavy atom. The van der Waals surface area contributed by atoms with Gasteiger partial charge in [0, 0.05) is 16.7 Å². The zero-order valence-electron chi connectivity index (χ0n) is 14.6. The van der Waals surface area contributed by atoms with E-state index in [1.807, 2.05) is 5.38 Å². The first-order valence-corrected chi connectivity index (χ1v) is 10.2. The van der Waals surface area contributed by atoms with Crippen LogP contribution in [0.5, 0.6) is 0 Å². The van der Waals surface area contributed by atoms with Crippen molar-refractivity contribution in [3.63, 3.8) is 0 Å². The molecule has 0 atom stereocenters. The van der Waals surface area contributed by atoms with Crippen molar-refractivity contribution >= 4 is 33.3 Å². The van der Waals surface area contributed by atoms with Crippen molar-refractivity contribution in [2.24, 2.45) is 0 Å². The molecule has 0 amide bonds. The van der Waals surface area contributed by atoms with Gasteiger partial charge in [0.2, 0.25) is 0 Å². The summed E-state index contributed by atoms with van der Waals surface area (Å²) in [5.74, 6) is 0.783. The Morgan fingerprint density at radius 1 is 1.00 bits per heavy atom. The molecule has 5 heteroatoms. The van der Waals surface area contributed by atoms with Gasteiger partial charge in [0.15, 0.2) is 5.16 Å². The summed E-state index contributed by atoms with van der Waals surface area (Å²) in [5.41, 5.74) is 5.60. The van der Waals surface area contributed by atoms with Gasteiger partial charge >= 0.3 is 0 Å². The molecule has 2 aromatic heterocycles. The lowest BCUT2D eigenvalue weighted by atomic mass is 10.1. The Kier molecular flexibility index (Phi) is 4.66. The summed E-state index contributed by atoms with van der Waals surface area (Å²) in [6.07, 6.45) is 0. The molecule has 0 aliphatic rings. The van der Waals surface area contributed by atoms with E-state index in [4.69, 9.17) is 0 Å². The number of aryl methyl sites for hydroxylation is 2. The van der Waals surface area contributed by atoms with Gasteiger partial charge in [-0.15, -0.1) is 11.3 Å². The van der Waals surface area contributed by atoms with Gasteiger partial charge < -0.3 is 4.98 Å². The summed E-state index contributed by atoms with van der Waals surface area (Å²) in [7, 11) is 0. The number of hydrogen-bond acceptors (Lipinski definition) is 4. The first-order valence-electron chi connectivity index (χ1n) is 8.37. The first kappa shape index (κ1) is 17.1. The van der Waals surface area contributed by atoms with E-state index in [0.29, 0.717) is 10.5 Å². The maximum absolute atomic E-state index is 12.7. The SMILES string of the molecule is Cc1ccc(CSc2nc3scc(-c4ccc(C)cc4)c3c(=O)[nH]2)cc1. The number of benzene rings is 2. The molecular weight excluding hydrogens is 360 g/mol. The predicted octanol–water partition coefficient (Wildman–Crippen LogP) is 5.56. The highest BCUT2D eigenvalue weighted by atomic mass is 32.2. The largest absolute Gasteiger partial charge is 0.301 e. The molecule has 0 bridgehead atoms. The summed E-state index contributed by atoms with van der Waals surface area (Å²) in [6, 6.07) is 16.6. The average Bonchev–Trinajstić information content (AvgIpc) is 3.06. The van der Waals surface area contributed by atoms with Crippen LogP contribution in [0.4, 0.5) is 0 Å². The fourth-order valence-electron chi connectivity index (χ4n) is 2.78. The van der Waals surface area contributed by atoms with Gasteiger partial charge in [0.1, 0.15) is 4.83 Å². The molecule has 0 saturated heterocycles. The van der Waals surface area contributed by atoms with E-state index in [0.717, 1.165) is 21.7 Å². The van der Waals surface area contributed by atoms with E-state index >= 15 is 0 Å². The number of aromatic nitrogens is 2. The second-order valence-corrected chi connectivity index (χ2v) is 8.16. The van der Waals surface area contributed by atoms with Crippen LogP contribution in [0.15, 0.2) is 63.9 Å². The summed E-state index contributed by atoms with van der Waals surface area (Å²) in [6.45, 7) is 4.13. The van der Waals surface area contributed by atoms with Crippen molar-refractivity contribution in [3.05, 3.63) is 81.0 Å². The van der Waals surface area contributed by atoms with Crippen molar-refractivity contribution < 1.29 is 0 Å². The monoisotopic (exact) mass is 378 g/mol. The Hall–Kier alpha value is -2.37. The summed E-state index contributed by atoms with van der Waals surface area (Å²) in [4.78, 5) is 21.1. The van der Waals surface area contributed by atoms with Gasteiger partial charge in [-0.2, -0.15) is 0 Å². The maximum atomic E-state index is 12.7. The Morgan fingerprint density at radius 2 is 1.65 bits per heavy atom. The van der Waals surface area contributed by atoms with E-state index in [2.05, 4.69) is 72.3 Å². The molecule has 0 spiro atoms. The molecule has 3 nitrogen and oxygen atoms in total. The third-order valence-corrected chi connectivity index (χ3v) is 6.10. The minimum atomic E-state index is -0.0711. The van der Waals surface area contributed by atoms with E-state index in [9.17, 15) is 4.79 Å². The van der Waals surface area contributed by atoms with Crippen LogP contribution in [0.3, 0.4) is 0 Å². The molecule has 0 saturated carbocycles. The lowest BCUT2D eigenvalue weighted by Crippen LogP contribution is -2.08. The summed E-state index contributed by atoms with van der Waals surface area (Å²) < 4.78 is 0. The number of nitrogens with one attached hydrogen (secondary N) is 1. The second kappa shape index (κ2) is 7.09. The van der Waals surface area contributed by atoms with Crippen LogP contribution in [0.1, 0.15) is 16.7 Å². The van der Waals surface area contributed by atoms with Crippen LogP contribution in [-0.2, 0) is 5.75 Å². The molecule has 0 radical (unpaired) electrons. The number of thiophene rings is 1. The molecule has 130 valence electrons. The van der Waals surface area contributed by atoms with Crippen LogP contribution in [0, 0.1) is 13.8 Å². The summed E-state index contributed by atoms with van der Waals surface area (Å²) in [5, 5.41) is 3.37. The van der Waals surface area contributed by atoms with Gasteiger partial charge in [-0.25, -0.2) is 4.98 Å². The van der Waals surface area contributed by atoms with Crippen LogP contribution in [-0.4, -0.2) is 9.97 Å². The maximum Gasteiger partial charge on any atom is 0.260 e. The van der Waals surface area contributed by atoms with Crippen LogP contribution in [0.25, 0.3) is 21.3 Å². The number of fused-ring (bicyclic) bond motifs is 1. The van der Waals surface area contributed by atoms with Gasteiger partial charge in [-0.3, -0.25) is 4.79 Å². The van der Waals surface area contributed by atoms with Crippen LogP contribution < -0.4 is 5.56 Å². The quantitative estimate of drug-likeness (QED) is 0.373. The van der Waals surface area contributed by atoms with Crippen molar-refractivity contribution in [1.29, 1.82) is 0 Å². The molecule has 4 aromatic rings. The summed E-state index contributed by atoms with van der Waals surface area (Å²) >= 11 is 3.08. The number of nitrogens with zero attached hydrogens (tertiary/aromatic N) is 1. The van der Waals surface area contributed by atoms with Crippen molar-refractivity contribution in [2.45, 2.75) is 24.8 Å². The minimum Gasteiger partial charge on any atom is -0.301 e. The highest BCUT2D eigenvalue weighted by molar-refractivity contribution is 7.98. The van der Waals surface area contributed by atoms with Gasteiger partial charge in [0.05, 0.1) is 5.39 Å². The van der Waals surface area contributed by atoms with Gasteiger partial charge in [-0.05, 0) is 25.0 Å². The number of H-pyrrole nitrogens is 1. The lowest BCUT2D eigenvalue weighted by molar-refractivity contribution is 0.980. The van der Waals surface area contributed by atoms with Crippen molar-refractivity contribution in [2.75, 3.05) is 0 Å². The van der Waals surface area contributed by atoms with Crippen molar-refractivity contribution in [3.8, 4) is 11.1 Å². The van der Waals surface area contributed by atoms with E-state index < -0.39 is 0 Å². The predicted molar refractivity (Wildman–Crippen MR) is 111 cm³/mol. The fourth-order valence-corrected chi connectivity index (χ4v) is 4.60. The molecule has 4 rings (SSSR count).